The molecule has 0 aromatic heterocycles. The van der Waals surface area contributed by atoms with Gasteiger partial charge in [0.1, 0.15) is 5.75 Å². The summed E-state index contributed by atoms with van der Waals surface area (Å²) >= 11 is 0. The van der Waals surface area contributed by atoms with Gasteiger partial charge in [-0.1, -0.05) is 55.8 Å². The van der Waals surface area contributed by atoms with Gasteiger partial charge in [-0.2, -0.15) is 0 Å². The van der Waals surface area contributed by atoms with E-state index in [1.54, 1.807) is 0 Å². The lowest BCUT2D eigenvalue weighted by Gasteiger charge is -2.26. The topological polar surface area (TPSA) is 12.5 Å². The van der Waals surface area contributed by atoms with Gasteiger partial charge in [-0.15, -0.1) is 12.4 Å². The summed E-state index contributed by atoms with van der Waals surface area (Å²) in [6, 6.07) is 18.9. The summed E-state index contributed by atoms with van der Waals surface area (Å²) in [5.74, 6) is 1.72. The molecule has 148 valence electrons. The molecule has 3 rings (SSSR count). The molecule has 1 fully saturated rings. The van der Waals surface area contributed by atoms with Gasteiger partial charge in [-0.05, 0) is 80.9 Å². The fourth-order valence-corrected chi connectivity index (χ4v) is 3.74. The molecule has 27 heavy (non-hydrogen) atoms. The molecule has 1 aliphatic rings. The van der Waals surface area contributed by atoms with Gasteiger partial charge in [0.25, 0.3) is 0 Å². The fourth-order valence-electron chi connectivity index (χ4n) is 3.74. The van der Waals surface area contributed by atoms with Crippen molar-refractivity contribution in [1.82, 2.24) is 4.90 Å². The van der Waals surface area contributed by atoms with Gasteiger partial charge in [0.2, 0.25) is 0 Å². The second kappa shape index (κ2) is 12.0. The number of nitrogens with zero attached hydrogens (tertiary/aromatic N) is 1. The standard InChI is InChI=1S/C24H33NO.ClH/c1-21(9-8-19-25-17-6-3-7-18-25)16-20-26-24-14-12-23(13-15-24)22-10-4-2-5-11-22;/h2,4-5,10-15,21H,3,6-9,16-20H2,1H3;1H. The average Bonchev–Trinajstić information content (AvgIpc) is 2.70. The number of likely N-dealkylation sites (tertiary alicyclic amines) is 1. The summed E-state index contributed by atoms with van der Waals surface area (Å²) in [5.41, 5.74) is 2.49. The first-order chi connectivity index (χ1) is 12.8. The highest BCUT2D eigenvalue weighted by Gasteiger charge is 2.10. The van der Waals surface area contributed by atoms with E-state index in [2.05, 4.69) is 66.4 Å². The van der Waals surface area contributed by atoms with Crippen LogP contribution in [0.2, 0.25) is 0 Å². The van der Waals surface area contributed by atoms with E-state index in [4.69, 9.17) is 4.74 Å². The highest BCUT2D eigenvalue weighted by Crippen LogP contribution is 2.22. The SMILES string of the molecule is CC(CCCN1CCCCC1)CCOc1ccc(-c2ccccc2)cc1.Cl. The van der Waals surface area contributed by atoms with E-state index in [-0.39, 0.29) is 12.4 Å². The van der Waals surface area contributed by atoms with E-state index in [9.17, 15) is 0 Å². The Balaban J connectivity index is 0.00000261. The Morgan fingerprint density at radius 1 is 0.852 bits per heavy atom. The zero-order valence-corrected chi connectivity index (χ0v) is 17.4. The van der Waals surface area contributed by atoms with Crippen LogP contribution in [0, 0.1) is 5.92 Å². The highest BCUT2D eigenvalue weighted by molar-refractivity contribution is 5.85. The van der Waals surface area contributed by atoms with Crippen molar-refractivity contribution < 1.29 is 4.74 Å². The van der Waals surface area contributed by atoms with Gasteiger partial charge in [-0.25, -0.2) is 0 Å². The number of rotatable bonds is 9. The van der Waals surface area contributed by atoms with Crippen molar-refractivity contribution in [2.45, 2.75) is 45.4 Å². The van der Waals surface area contributed by atoms with Crippen LogP contribution >= 0.6 is 12.4 Å². The van der Waals surface area contributed by atoms with Crippen molar-refractivity contribution in [3.8, 4) is 16.9 Å². The van der Waals surface area contributed by atoms with Crippen LogP contribution in [0.5, 0.6) is 5.75 Å². The van der Waals surface area contributed by atoms with E-state index < -0.39 is 0 Å². The molecular weight excluding hydrogens is 354 g/mol. The predicted molar refractivity (Wildman–Crippen MR) is 118 cm³/mol. The summed E-state index contributed by atoms with van der Waals surface area (Å²) in [5, 5.41) is 0. The maximum atomic E-state index is 5.95. The van der Waals surface area contributed by atoms with Gasteiger partial charge in [0, 0.05) is 0 Å². The van der Waals surface area contributed by atoms with Crippen LogP contribution in [0.3, 0.4) is 0 Å². The van der Waals surface area contributed by atoms with Gasteiger partial charge >= 0.3 is 0 Å². The van der Waals surface area contributed by atoms with Crippen molar-refractivity contribution >= 4 is 12.4 Å². The Bertz CT molecular complexity index is 623. The highest BCUT2D eigenvalue weighted by atomic mass is 35.5. The van der Waals surface area contributed by atoms with Crippen molar-refractivity contribution in [3.05, 3.63) is 54.6 Å². The minimum atomic E-state index is 0. The number of ether oxygens (including phenoxy) is 1. The summed E-state index contributed by atoms with van der Waals surface area (Å²) in [4.78, 5) is 2.64. The third kappa shape index (κ3) is 7.56. The van der Waals surface area contributed by atoms with Crippen LogP contribution in [-0.2, 0) is 0 Å². The van der Waals surface area contributed by atoms with E-state index in [0.717, 1.165) is 24.7 Å². The van der Waals surface area contributed by atoms with Gasteiger partial charge in [0.15, 0.2) is 0 Å². The van der Waals surface area contributed by atoms with E-state index >= 15 is 0 Å². The number of piperidine rings is 1. The van der Waals surface area contributed by atoms with Crippen molar-refractivity contribution in [1.29, 1.82) is 0 Å². The zero-order chi connectivity index (χ0) is 18.0. The van der Waals surface area contributed by atoms with Crippen LogP contribution < -0.4 is 4.74 Å². The van der Waals surface area contributed by atoms with Crippen molar-refractivity contribution in [2.24, 2.45) is 5.92 Å². The average molecular weight is 388 g/mol. The lowest BCUT2D eigenvalue weighted by molar-refractivity contribution is 0.216. The van der Waals surface area contributed by atoms with E-state index in [1.807, 2.05) is 0 Å². The largest absolute Gasteiger partial charge is 0.494 e. The first-order valence-corrected chi connectivity index (χ1v) is 10.3. The molecule has 2 aromatic rings. The second-order valence-electron chi connectivity index (χ2n) is 7.68. The number of benzene rings is 2. The van der Waals surface area contributed by atoms with Crippen LogP contribution in [0.15, 0.2) is 54.6 Å². The van der Waals surface area contributed by atoms with Crippen LogP contribution in [0.25, 0.3) is 11.1 Å². The second-order valence-corrected chi connectivity index (χ2v) is 7.68. The summed E-state index contributed by atoms with van der Waals surface area (Å²) < 4.78 is 5.95. The third-order valence-corrected chi connectivity index (χ3v) is 5.46. The molecule has 0 spiro atoms. The maximum Gasteiger partial charge on any atom is 0.119 e. The van der Waals surface area contributed by atoms with Gasteiger partial charge < -0.3 is 9.64 Å². The summed E-state index contributed by atoms with van der Waals surface area (Å²) in [6.45, 7) is 7.09. The van der Waals surface area contributed by atoms with E-state index in [0.29, 0.717) is 0 Å². The molecule has 1 heterocycles. The van der Waals surface area contributed by atoms with Crippen LogP contribution in [0.4, 0.5) is 0 Å². The first-order valence-electron chi connectivity index (χ1n) is 10.3. The molecule has 1 saturated heterocycles. The van der Waals surface area contributed by atoms with Gasteiger partial charge in [-0.3, -0.25) is 0 Å². The predicted octanol–water partition coefficient (Wildman–Crippen LogP) is 6.45. The smallest absolute Gasteiger partial charge is 0.119 e. The van der Waals surface area contributed by atoms with Crippen LogP contribution in [0.1, 0.15) is 45.4 Å². The van der Waals surface area contributed by atoms with Crippen molar-refractivity contribution in [3.63, 3.8) is 0 Å². The number of hydrogen-bond donors (Lipinski definition) is 0. The quantitative estimate of drug-likeness (QED) is 0.490. The summed E-state index contributed by atoms with van der Waals surface area (Å²) in [6.07, 6.45) is 8.00. The lowest BCUT2D eigenvalue weighted by Crippen LogP contribution is -2.30. The molecule has 2 nitrogen and oxygen atoms in total. The lowest BCUT2D eigenvalue weighted by atomic mass is 10.0. The number of hydrogen-bond acceptors (Lipinski definition) is 2. The van der Waals surface area contributed by atoms with Gasteiger partial charge in [0.05, 0.1) is 6.61 Å². The maximum absolute atomic E-state index is 5.95. The van der Waals surface area contributed by atoms with Crippen molar-refractivity contribution in [2.75, 3.05) is 26.2 Å². The molecule has 0 radical (unpaired) electrons. The Labute approximate surface area is 171 Å². The third-order valence-electron chi connectivity index (χ3n) is 5.46. The molecule has 1 atom stereocenters. The normalized spacial score (nSPS) is 15.7. The molecule has 0 N–H and O–H groups in total. The Kier molecular flexibility index (Phi) is 9.72. The molecule has 0 saturated carbocycles. The molecular formula is C24H34ClNO. The van der Waals surface area contributed by atoms with E-state index in [1.165, 1.54) is 62.9 Å². The molecule has 0 amide bonds. The molecule has 3 heteroatoms. The molecule has 0 aliphatic carbocycles. The fraction of sp³-hybridized carbons (Fsp3) is 0.500. The zero-order valence-electron chi connectivity index (χ0n) is 16.6. The monoisotopic (exact) mass is 387 g/mol. The summed E-state index contributed by atoms with van der Waals surface area (Å²) in [7, 11) is 0. The number of halogens is 1. The molecule has 0 bridgehead atoms. The molecule has 2 aromatic carbocycles. The minimum Gasteiger partial charge on any atom is -0.494 e. The van der Waals surface area contributed by atoms with Crippen LogP contribution in [-0.4, -0.2) is 31.1 Å². The molecule has 1 aliphatic heterocycles. The Morgan fingerprint density at radius 2 is 1.52 bits per heavy atom. The first kappa shape index (κ1) is 21.8. The Morgan fingerprint density at radius 3 is 2.22 bits per heavy atom. The molecule has 1 unspecified atom stereocenters. The Hall–Kier alpha value is -1.51. The minimum absolute atomic E-state index is 0.